The molecule has 21 heavy (non-hydrogen) atoms. The van der Waals surface area contributed by atoms with Crippen LogP contribution >= 0.6 is 0 Å². The van der Waals surface area contributed by atoms with E-state index in [0.29, 0.717) is 0 Å². The summed E-state index contributed by atoms with van der Waals surface area (Å²) in [7, 11) is 0. The maximum atomic E-state index is 3.64. The maximum absolute atomic E-state index is 3.64. The summed E-state index contributed by atoms with van der Waals surface area (Å²) < 4.78 is 0. The Hall–Kier alpha value is -1.80. The molecule has 2 nitrogen and oxygen atoms in total. The third-order valence-corrected chi connectivity index (χ3v) is 4.85. The first-order valence-electron chi connectivity index (χ1n) is 8.06. The summed E-state index contributed by atoms with van der Waals surface area (Å²) in [6.45, 7) is 3.45. The fourth-order valence-electron chi connectivity index (χ4n) is 3.60. The molecule has 0 atom stereocenters. The van der Waals surface area contributed by atoms with Gasteiger partial charge in [0.1, 0.15) is 0 Å². The van der Waals surface area contributed by atoms with Gasteiger partial charge < -0.3 is 10.6 Å². The third-order valence-electron chi connectivity index (χ3n) is 4.85. The van der Waals surface area contributed by atoms with Crippen molar-refractivity contribution in [3.8, 4) is 11.1 Å². The standard InChI is InChI=1S/C19H22N2/c1-2-4-18-15(3-1)11-16-12-17(5-6-19(16)18)21-13-14-7-9-20-10-8-14/h1-6,12,14,20-21H,7-11,13H2. The van der Waals surface area contributed by atoms with E-state index < -0.39 is 0 Å². The van der Waals surface area contributed by atoms with Crippen LogP contribution in [0.2, 0.25) is 0 Å². The molecule has 2 aliphatic rings. The number of rotatable bonds is 3. The van der Waals surface area contributed by atoms with Gasteiger partial charge in [-0.25, -0.2) is 0 Å². The van der Waals surface area contributed by atoms with Crippen molar-refractivity contribution >= 4 is 5.69 Å². The van der Waals surface area contributed by atoms with Gasteiger partial charge in [-0.05, 0) is 72.7 Å². The normalized spacial score (nSPS) is 17.3. The highest BCUT2D eigenvalue weighted by Gasteiger charge is 2.18. The van der Waals surface area contributed by atoms with Gasteiger partial charge in [0, 0.05) is 12.2 Å². The van der Waals surface area contributed by atoms with Crippen LogP contribution < -0.4 is 10.6 Å². The molecule has 1 saturated heterocycles. The third kappa shape index (κ3) is 2.56. The Morgan fingerprint density at radius 3 is 2.67 bits per heavy atom. The molecule has 0 aromatic heterocycles. The van der Waals surface area contributed by atoms with Crippen LogP contribution in [0.15, 0.2) is 42.5 Å². The molecule has 1 aliphatic heterocycles. The minimum absolute atomic E-state index is 0.816. The number of benzene rings is 2. The molecule has 2 aromatic carbocycles. The zero-order valence-electron chi connectivity index (χ0n) is 12.4. The monoisotopic (exact) mass is 278 g/mol. The Morgan fingerprint density at radius 1 is 0.952 bits per heavy atom. The van der Waals surface area contributed by atoms with Crippen LogP contribution in [-0.4, -0.2) is 19.6 Å². The Labute approximate surface area is 126 Å². The number of hydrogen-bond donors (Lipinski definition) is 2. The highest BCUT2D eigenvalue weighted by atomic mass is 14.9. The molecule has 1 heterocycles. The predicted molar refractivity (Wildman–Crippen MR) is 88.8 cm³/mol. The first kappa shape index (κ1) is 12.9. The summed E-state index contributed by atoms with van der Waals surface area (Å²) >= 11 is 0. The molecular formula is C19H22N2. The van der Waals surface area contributed by atoms with Crippen molar-refractivity contribution in [1.29, 1.82) is 0 Å². The van der Waals surface area contributed by atoms with Crippen molar-refractivity contribution in [3.63, 3.8) is 0 Å². The van der Waals surface area contributed by atoms with Gasteiger partial charge >= 0.3 is 0 Å². The average Bonchev–Trinajstić information content (AvgIpc) is 2.91. The highest BCUT2D eigenvalue weighted by molar-refractivity contribution is 5.78. The van der Waals surface area contributed by atoms with Gasteiger partial charge in [0.25, 0.3) is 0 Å². The van der Waals surface area contributed by atoms with E-state index in [4.69, 9.17) is 0 Å². The fourth-order valence-corrected chi connectivity index (χ4v) is 3.60. The first-order chi connectivity index (χ1) is 10.4. The second-order valence-electron chi connectivity index (χ2n) is 6.28. The van der Waals surface area contributed by atoms with Crippen molar-refractivity contribution in [1.82, 2.24) is 5.32 Å². The number of anilines is 1. The SMILES string of the molecule is c1ccc2c(c1)Cc1cc(NCC3CCNCC3)ccc1-2. The van der Waals surface area contributed by atoms with E-state index in [1.54, 1.807) is 0 Å². The summed E-state index contributed by atoms with van der Waals surface area (Å²) in [4.78, 5) is 0. The molecule has 4 rings (SSSR count). The predicted octanol–water partition coefficient (Wildman–Crippen LogP) is 3.67. The number of hydrogen-bond acceptors (Lipinski definition) is 2. The van der Waals surface area contributed by atoms with Gasteiger partial charge in [0.05, 0.1) is 0 Å². The lowest BCUT2D eigenvalue weighted by Crippen LogP contribution is -2.31. The van der Waals surface area contributed by atoms with Crippen molar-refractivity contribution in [2.75, 3.05) is 25.0 Å². The molecule has 0 unspecified atom stereocenters. The van der Waals surface area contributed by atoms with Crippen LogP contribution in [0.25, 0.3) is 11.1 Å². The van der Waals surface area contributed by atoms with E-state index >= 15 is 0 Å². The zero-order valence-corrected chi connectivity index (χ0v) is 12.4. The van der Waals surface area contributed by atoms with Crippen LogP contribution in [0.4, 0.5) is 5.69 Å². The smallest absolute Gasteiger partial charge is 0.0343 e. The molecule has 2 N–H and O–H groups in total. The zero-order chi connectivity index (χ0) is 14.1. The summed E-state index contributed by atoms with van der Waals surface area (Å²) in [5, 5.41) is 7.07. The van der Waals surface area contributed by atoms with Crippen LogP contribution in [0.3, 0.4) is 0 Å². The van der Waals surface area contributed by atoms with Gasteiger partial charge in [0.15, 0.2) is 0 Å². The van der Waals surface area contributed by atoms with Gasteiger partial charge in [-0.1, -0.05) is 30.3 Å². The molecule has 0 amide bonds. The molecule has 2 heteroatoms. The lowest BCUT2D eigenvalue weighted by atomic mass is 9.98. The van der Waals surface area contributed by atoms with Crippen molar-refractivity contribution in [2.45, 2.75) is 19.3 Å². The van der Waals surface area contributed by atoms with E-state index in [0.717, 1.165) is 18.9 Å². The quantitative estimate of drug-likeness (QED) is 0.764. The first-order valence-corrected chi connectivity index (χ1v) is 8.06. The molecule has 2 aromatic rings. The van der Waals surface area contributed by atoms with E-state index in [1.165, 1.54) is 53.9 Å². The van der Waals surface area contributed by atoms with E-state index in [2.05, 4.69) is 53.1 Å². The molecule has 0 radical (unpaired) electrons. The van der Waals surface area contributed by atoms with Crippen LogP contribution in [0, 0.1) is 5.92 Å². The average molecular weight is 278 g/mol. The summed E-state index contributed by atoms with van der Waals surface area (Å²) in [6, 6.07) is 15.6. The van der Waals surface area contributed by atoms with Crippen LogP contribution in [0.5, 0.6) is 0 Å². The van der Waals surface area contributed by atoms with Gasteiger partial charge in [-0.2, -0.15) is 0 Å². The summed E-state index contributed by atoms with van der Waals surface area (Å²) in [5.41, 5.74) is 7.03. The van der Waals surface area contributed by atoms with Gasteiger partial charge in [-0.15, -0.1) is 0 Å². The van der Waals surface area contributed by atoms with Crippen LogP contribution in [0.1, 0.15) is 24.0 Å². The summed E-state index contributed by atoms with van der Waals surface area (Å²) in [6.07, 6.45) is 3.67. The molecule has 0 spiro atoms. The van der Waals surface area contributed by atoms with Crippen molar-refractivity contribution in [2.24, 2.45) is 5.92 Å². The second kappa shape index (κ2) is 5.53. The van der Waals surface area contributed by atoms with E-state index in [1.807, 2.05) is 0 Å². The Kier molecular flexibility index (Phi) is 3.40. The lowest BCUT2D eigenvalue weighted by Gasteiger charge is -2.23. The minimum atomic E-state index is 0.816. The largest absolute Gasteiger partial charge is 0.385 e. The Morgan fingerprint density at radius 2 is 1.76 bits per heavy atom. The number of piperidine rings is 1. The number of fused-ring (bicyclic) bond motifs is 3. The fraction of sp³-hybridized carbons (Fsp3) is 0.368. The minimum Gasteiger partial charge on any atom is -0.385 e. The van der Waals surface area contributed by atoms with E-state index in [-0.39, 0.29) is 0 Å². The second-order valence-corrected chi connectivity index (χ2v) is 6.28. The molecule has 108 valence electrons. The Bertz CT molecular complexity index is 642. The number of nitrogens with one attached hydrogen (secondary N) is 2. The molecular weight excluding hydrogens is 256 g/mol. The summed E-state index contributed by atoms with van der Waals surface area (Å²) in [5.74, 6) is 0.816. The molecule has 1 fully saturated rings. The Balaban J connectivity index is 1.48. The van der Waals surface area contributed by atoms with Gasteiger partial charge in [-0.3, -0.25) is 0 Å². The van der Waals surface area contributed by atoms with E-state index in [9.17, 15) is 0 Å². The molecule has 0 saturated carbocycles. The topological polar surface area (TPSA) is 24.1 Å². The molecule has 1 aliphatic carbocycles. The van der Waals surface area contributed by atoms with Crippen molar-refractivity contribution in [3.05, 3.63) is 53.6 Å². The maximum Gasteiger partial charge on any atom is 0.0343 e. The highest BCUT2D eigenvalue weighted by Crippen LogP contribution is 2.37. The molecule has 0 bridgehead atoms. The van der Waals surface area contributed by atoms with Crippen molar-refractivity contribution < 1.29 is 0 Å². The van der Waals surface area contributed by atoms with Crippen LogP contribution in [-0.2, 0) is 6.42 Å². The lowest BCUT2D eigenvalue weighted by molar-refractivity contribution is 0.390. The van der Waals surface area contributed by atoms with Gasteiger partial charge in [0.2, 0.25) is 0 Å².